The number of hydrogen-bond acceptors (Lipinski definition) is 6. The summed E-state index contributed by atoms with van der Waals surface area (Å²) in [6.07, 6.45) is -5.62. The second kappa shape index (κ2) is 5.87. The Bertz CT molecular complexity index is 376. The monoisotopic (exact) mass is 310 g/mol. The van der Waals surface area contributed by atoms with Gasteiger partial charge < -0.3 is 29.8 Å². The summed E-state index contributed by atoms with van der Waals surface area (Å²) in [6.45, 7) is 0. The lowest BCUT2D eigenvalue weighted by Gasteiger charge is -2.21. The summed E-state index contributed by atoms with van der Waals surface area (Å²) in [5.41, 5.74) is 0. The smallest absolute Gasteiger partial charge is 0.470 e. The third-order valence-corrected chi connectivity index (χ3v) is 2.27. The van der Waals surface area contributed by atoms with E-state index in [2.05, 4.69) is 9.05 Å². The van der Waals surface area contributed by atoms with Crippen molar-refractivity contribution >= 4 is 27.6 Å². The number of hydrogen-bond donors (Lipinski definition) is 6. The van der Waals surface area contributed by atoms with Gasteiger partial charge in [0.1, 0.15) is 0 Å². The normalized spacial score (nSPS) is 16.0. The standard InChI is InChI=1S/C4H8O12P2/c5-3(6)1(15-17(9,10)11)2(4(7)8)16-18(12,13)14/h1-2H,(H,5,6)(H,7,8)(H2,9,10,11)(H2,12,13,14). The van der Waals surface area contributed by atoms with E-state index in [-0.39, 0.29) is 0 Å². The van der Waals surface area contributed by atoms with E-state index in [4.69, 9.17) is 29.8 Å². The van der Waals surface area contributed by atoms with Crippen LogP contribution in [0.1, 0.15) is 0 Å². The fraction of sp³-hybridized carbons (Fsp3) is 0.500. The third-order valence-electron chi connectivity index (χ3n) is 1.26. The molecule has 12 nitrogen and oxygen atoms in total. The van der Waals surface area contributed by atoms with Crippen LogP contribution in [0.25, 0.3) is 0 Å². The van der Waals surface area contributed by atoms with Crippen LogP contribution in [0.3, 0.4) is 0 Å². The van der Waals surface area contributed by atoms with E-state index >= 15 is 0 Å². The Hall–Kier alpha value is -0.840. The Morgan fingerprint density at radius 2 is 1.00 bits per heavy atom. The highest BCUT2D eigenvalue weighted by atomic mass is 31.2. The number of carboxylic acid groups (broad SMARTS) is 2. The minimum atomic E-state index is -5.41. The molecule has 18 heavy (non-hydrogen) atoms. The minimum absolute atomic E-state index is 2.20. The van der Waals surface area contributed by atoms with E-state index in [1.807, 2.05) is 0 Å². The van der Waals surface area contributed by atoms with Gasteiger partial charge in [0.2, 0.25) is 12.2 Å². The molecule has 0 saturated carbocycles. The lowest BCUT2D eigenvalue weighted by atomic mass is 10.2. The van der Waals surface area contributed by atoms with Gasteiger partial charge in [0.25, 0.3) is 0 Å². The number of carboxylic acids is 2. The van der Waals surface area contributed by atoms with Crippen molar-refractivity contribution in [1.82, 2.24) is 0 Å². The van der Waals surface area contributed by atoms with E-state index in [0.29, 0.717) is 0 Å². The summed E-state index contributed by atoms with van der Waals surface area (Å²) < 4.78 is 28.0. The van der Waals surface area contributed by atoms with Crippen LogP contribution in [-0.2, 0) is 27.8 Å². The molecule has 0 aromatic carbocycles. The second-order valence-electron chi connectivity index (χ2n) is 2.71. The first-order valence-electron chi connectivity index (χ1n) is 3.77. The van der Waals surface area contributed by atoms with Crippen molar-refractivity contribution in [3.05, 3.63) is 0 Å². The molecule has 0 radical (unpaired) electrons. The van der Waals surface area contributed by atoms with Gasteiger partial charge in [-0.25, -0.2) is 18.7 Å². The second-order valence-corrected chi connectivity index (χ2v) is 5.09. The maximum atomic E-state index is 10.5. The summed E-state index contributed by atoms with van der Waals surface area (Å²) in [5, 5.41) is 17.0. The molecule has 0 heterocycles. The highest BCUT2D eigenvalue weighted by Crippen LogP contribution is 2.43. The van der Waals surface area contributed by atoms with Crippen LogP contribution >= 0.6 is 15.6 Å². The molecule has 6 N–H and O–H groups in total. The third kappa shape index (κ3) is 6.79. The van der Waals surface area contributed by atoms with E-state index < -0.39 is 39.8 Å². The van der Waals surface area contributed by atoms with Crippen LogP contribution in [0.2, 0.25) is 0 Å². The van der Waals surface area contributed by atoms with E-state index in [1.54, 1.807) is 0 Å². The molecule has 0 rings (SSSR count). The molecular formula is C4H8O12P2. The maximum absolute atomic E-state index is 10.5. The lowest BCUT2D eigenvalue weighted by molar-refractivity contribution is -0.163. The predicted molar refractivity (Wildman–Crippen MR) is 49.1 cm³/mol. The van der Waals surface area contributed by atoms with Gasteiger partial charge in [0.05, 0.1) is 0 Å². The molecular weight excluding hydrogens is 302 g/mol. The van der Waals surface area contributed by atoms with Crippen LogP contribution in [-0.4, -0.2) is 53.9 Å². The molecule has 0 aliphatic heterocycles. The highest BCUT2D eigenvalue weighted by Gasteiger charge is 2.43. The SMILES string of the molecule is O=C(O)C(OP(=O)(O)O)C(OP(=O)(O)O)C(=O)O. The maximum Gasteiger partial charge on any atom is 0.470 e. The van der Waals surface area contributed by atoms with Gasteiger partial charge in [-0.3, -0.25) is 9.05 Å². The largest absolute Gasteiger partial charge is 0.479 e. The van der Waals surface area contributed by atoms with Gasteiger partial charge >= 0.3 is 27.6 Å². The van der Waals surface area contributed by atoms with Gasteiger partial charge in [0.15, 0.2) is 0 Å². The van der Waals surface area contributed by atoms with Crippen LogP contribution in [0.4, 0.5) is 0 Å². The quantitative estimate of drug-likeness (QED) is 0.285. The highest BCUT2D eigenvalue weighted by molar-refractivity contribution is 7.46. The first kappa shape index (κ1) is 17.2. The van der Waals surface area contributed by atoms with E-state index in [0.717, 1.165) is 0 Å². The average molecular weight is 310 g/mol. The van der Waals surface area contributed by atoms with Crippen LogP contribution in [0.15, 0.2) is 0 Å². The molecule has 0 bridgehead atoms. The summed E-state index contributed by atoms with van der Waals surface area (Å²) in [7, 11) is -10.8. The molecule has 0 aliphatic rings. The zero-order chi connectivity index (χ0) is 14.7. The molecule has 0 aliphatic carbocycles. The Kier molecular flexibility index (Phi) is 5.59. The first-order chi connectivity index (χ1) is 7.83. The summed E-state index contributed by atoms with van der Waals surface area (Å²) >= 11 is 0. The number of rotatable bonds is 7. The molecule has 0 spiro atoms. The van der Waals surface area contributed by atoms with Gasteiger partial charge in [-0.15, -0.1) is 0 Å². The lowest BCUT2D eigenvalue weighted by Crippen LogP contribution is -2.42. The molecule has 0 aromatic rings. The first-order valence-corrected chi connectivity index (χ1v) is 6.83. The fourth-order valence-electron chi connectivity index (χ4n) is 0.756. The van der Waals surface area contributed by atoms with Crippen molar-refractivity contribution < 1.29 is 57.6 Å². The van der Waals surface area contributed by atoms with Crippen molar-refractivity contribution in [3.8, 4) is 0 Å². The van der Waals surface area contributed by atoms with Gasteiger partial charge in [0, 0.05) is 0 Å². The Morgan fingerprint density at radius 3 is 1.11 bits per heavy atom. The topological polar surface area (TPSA) is 208 Å². The minimum Gasteiger partial charge on any atom is -0.479 e. The number of phosphoric acid groups is 2. The number of aliphatic carboxylic acids is 2. The molecule has 106 valence electrons. The molecule has 0 amide bonds. The number of carbonyl (C=O) groups is 2. The molecule has 0 fully saturated rings. The number of phosphoric ester groups is 2. The zero-order valence-corrected chi connectivity index (χ0v) is 9.97. The summed E-state index contributed by atoms with van der Waals surface area (Å²) in [5.74, 6) is -4.39. The summed E-state index contributed by atoms with van der Waals surface area (Å²) in [6, 6.07) is 0. The Morgan fingerprint density at radius 1 is 0.778 bits per heavy atom. The van der Waals surface area contributed by atoms with E-state index in [9.17, 15) is 18.7 Å². The van der Waals surface area contributed by atoms with Gasteiger partial charge in [-0.05, 0) is 0 Å². The molecule has 14 heteroatoms. The Balaban J connectivity index is 5.26. The van der Waals surface area contributed by atoms with E-state index in [1.165, 1.54) is 0 Å². The van der Waals surface area contributed by atoms with Crippen molar-refractivity contribution in [1.29, 1.82) is 0 Å². The van der Waals surface area contributed by atoms with Gasteiger partial charge in [-0.1, -0.05) is 0 Å². The van der Waals surface area contributed by atoms with Gasteiger partial charge in [-0.2, -0.15) is 0 Å². The average Bonchev–Trinajstić information content (AvgIpc) is 2.06. The van der Waals surface area contributed by atoms with Crippen LogP contribution < -0.4 is 0 Å². The summed E-state index contributed by atoms with van der Waals surface area (Å²) in [4.78, 5) is 54.5. The van der Waals surface area contributed by atoms with Crippen molar-refractivity contribution in [2.24, 2.45) is 0 Å². The fourth-order valence-corrected chi connectivity index (χ4v) is 1.75. The molecule has 0 aromatic heterocycles. The van der Waals surface area contributed by atoms with Crippen molar-refractivity contribution in [2.75, 3.05) is 0 Å². The molecule has 2 atom stereocenters. The van der Waals surface area contributed by atoms with Crippen molar-refractivity contribution in [3.63, 3.8) is 0 Å². The Labute approximate surface area is 98.2 Å². The van der Waals surface area contributed by atoms with Crippen LogP contribution in [0, 0.1) is 0 Å². The molecule has 0 saturated heterocycles. The zero-order valence-electron chi connectivity index (χ0n) is 8.18. The predicted octanol–water partition coefficient (Wildman–Crippen LogP) is -1.89. The molecule has 2 unspecified atom stereocenters. The van der Waals surface area contributed by atoms with Crippen molar-refractivity contribution in [2.45, 2.75) is 12.2 Å². The van der Waals surface area contributed by atoms with Crippen LogP contribution in [0.5, 0.6) is 0 Å².